The average Bonchev–Trinajstić information content (AvgIpc) is 2.59. The molecule has 7 nitrogen and oxygen atoms in total. The summed E-state index contributed by atoms with van der Waals surface area (Å²) >= 11 is 0. The van der Waals surface area contributed by atoms with Crippen LogP contribution in [0, 0.1) is 15.9 Å². The van der Waals surface area contributed by atoms with Crippen LogP contribution in [0.25, 0.3) is 0 Å². The van der Waals surface area contributed by atoms with Crippen LogP contribution in [0.15, 0.2) is 42.5 Å². The molecule has 0 N–H and O–H groups in total. The first kappa shape index (κ1) is 17.2. The largest absolute Gasteiger partial charge is 0.487 e. The molecule has 0 aromatic heterocycles. The number of halogens is 1. The Hall–Kier alpha value is -3.16. The lowest BCUT2D eigenvalue weighted by Gasteiger charge is -2.09. The van der Waals surface area contributed by atoms with Crippen molar-refractivity contribution in [3.63, 3.8) is 0 Å². The third-order valence-electron chi connectivity index (χ3n) is 3.01. The molecule has 0 aliphatic carbocycles. The maximum Gasteiger partial charge on any atom is 0.338 e. The van der Waals surface area contributed by atoms with Crippen LogP contribution in [0.2, 0.25) is 0 Å². The van der Waals surface area contributed by atoms with Crippen LogP contribution in [-0.2, 0) is 4.74 Å². The Morgan fingerprint density at radius 3 is 2.42 bits per heavy atom. The summed E-state index contributed by atoms with van der Waals surface area (Å²) in [6.45, 7) is -0.0381. The summed E-state index contributed by atoms with van der Waals surface area (Å²) in [5, 5.41) is 11.1. The number of nitro groups is 1. The van der Waals surface area contributed by atoms with Crippen LogP contribution >= 0.6 is 0 Å². The molecule has 0 amide bonds. The molecule has 0 aliphatic rings. The molecule has 0 heterocycles. The molecule has 0 atom stereocenters. The summed E-state index contributed by atoms with van der Waals surface area (Å²) < 4.78 is 28.4. The third-order valence-corrected chi connectivity index (χ3v) is 3.01. The van der Waals surface area contributed by atoms with Gasteiger partial charge in [0, 0.05) is 6.07 Å². The van der Waals surface area contributed by atoms with E-state index in [-0.39, 0.29) is 36.0 Å². The van der Waals surface area contributed by atoms with E-state index in [1.807, 2.05) is 0 Å². The van der Waals surface area contributed by atoms with Gasteiger partial charge in [-0.3, -0.25) is 10.1 Å². The van der Waals surface area contributed by atoms with E-state index in [0.717, 1.165) is 6.07 Å². The standard InChI is InChI=1S/C16H14FNO6/c1-22-16(19)11-6-7-15(13(10-11)18(20)21)24-9-8-23-14-5-3-2-4-12(14)17/h2-7,10H,8-9H2,1H3. The van der Waals surface area contributed by atoms with Crippen molar-refractivity contribution in [1.82, 2.24) is 0 Å². The predicted octanol–water partition coefficient (Wildman–Crippen LogP) is 2.98. The number of nitrogens with zero attached hydrogens (tertiary/aromatic N) is 1. The minimum absolute atomic E-state index is 0.00313. The maximum absolute atomic E-state index is 13.4. The van der Waals surface area contributed by atoms with Crippen molar-refractivity contribution in [3.05, 3.63) is 64.0 Å². The van der Waals surface area contributed by atoms with Crippen molar-refractivity contribution >= 4 is 11.7 Å². The summed E-state index contributed by atoms with van der Waals surface area (Å²) in [6.07, 6.45) is 0. The topological polar surface area (TPSA) is 87.9 Å². The second kappa shape index (κ2) is 7.91. The molecule has 2 aromatic carbocycles. The van der Waals surface area contributed by atoms with E-state index in [1.165, 1.54) is 37.4 Å². The quantitative estimate of drug-likeness (QED) is 0.334. The Balaban J connectivity index is 2.00. The van der Waals surface area contributed by atoms with E-state index in [2.05, 4.69) is 4.74 Å². The lowest BCUT2D eigenvalue weighted by Crippen LogP contribution is -2.11. The molecular formula is C16H14FNO6. The van der Waals surface area contributed by atoms with Gasteiger partial charge in [0.15, 0.2) is 17.3 Å². The number of rotatable bonds is 7. The van der Waals surface area contributed by atoms with Crippen molar-refractivity contribution in [3.8, 4) is 11.5 Å². The third kappa shape index (κ3) is 4.19. The van der Waals surface area contributed by atoms with Crippen LogP contribution in [0.4, 0.5) is 10.1 Å². The summed E-state index contributed by atoms with van der Waals surface area (Å²) in [7, 11) is 1.18. The molecule has 0 aliphatic heterocycles. The highest BCUT2D eigenvalue weighted by molar-refractivity contribution is 5.90. The molecule has 0 bridgehead atoms. The van der Waals surface area contributed by atoms with Crippen LogP contribution < -0.4 is 9.47 Å². The van der Waals surface area contributed by atoms with Crippen molar-refractivity contribution in [2.24, 2.45) is 0 Å². The number of benzene rings is 2. The number of para-hydroxylation sites is 1. The number of hydrogen-bond acceptors (Lipinski definition) is 6. The Labute approximate surface area is 136 Å². The van der Waals surface area contributed by atoms with Gasteiger partial charge in [0.2, 0.25) is 0 Å². The van der Waals surface area contributed by atoms with E-state index in [0.29, 0.717) is 0 Å². The van der Waals surface area contributed by atoms with Crippen molar-refractivity contribution in [2.75, 3.05) is 20.3 Å². The number of ether oxygens (including phenoxy) is 3. The SMILES string of the molecule is COC(=O)c1ccc(OCCOc2ccccc2F)c([N+](=O)[O-])c1. The highest BCUT2D eigenvalue weighted by Crippen LogP contribution is 2.28. The number of carbonyl (C=O) groups excluding carboxylic acids is 1. The zero-order valence-corrected chi connectivity index (χ0v) is 12.7. The van der Waals surface area contributed by atoms with Crippen LogP contribution in [0.3, 0.4) is 0 Å². The normalized spacial score (nSPS) is 10.1. The lowest BCUT2D eigenvalue weighted by atomic mass is 10.2. The van der Waals surface area contributed by atoms with Crippen molar-refractivity contribution in [1.29, 1.82) is 0 Å². The van der Waals surface area contributed by atoms with E-state index in [4.69, 9.17) is 9.47 Å². The van der Waals surface area contributed by atoms with Gasteiger partial charge in [0.05, 0.1) is 17.6 Å². The van der Waals surface area contributed by atoms with Crippen LogP contribution in [0.1, 0.15) is 10.4 Å². The minimum Gasteiger partial charge on any atom is -0.487 e. The molecule has 0 saturated heterocycles. The number of carbonyl (C=O) groups is 1. The van der Waals surface area contributed by atoms with Gasteiger partial charge in [0.25, 0.3) is 0 Å². The molecule has 2 rings (SSSR count). The molecule has 0 unspecified atom stereocenters. The Morgan fingerprint density at radius 2 is 1.79 bits per heavy atom. The number of nitro benzene ring substituents is 1. The molecule has 8 heteroatoms. The second-order valence-corrected chi connectivity index (χ2v) is 4.56. The number of esters is 1. The number of methoxy groups -OCH3 is 1. The van der Waals surface area contributed by atoms with Crippen LogP contribution in [-0.4, -0.2) is 31.2 Å². The fourth-order valence-electron chi connectivity index (χ4n) is 1.89. The van der Waals surface area contributed by atoms with Gasteiger partial charge in [-0.2, -0.15) is 0 Å². The smallest absolute Gasteiger partial charge is 0.338 e. The molecule has 0 saturated carbocycles. The summed E-state index contributed by atoms with van der Waals surface area (Å²) in [4.78, 5) is 21.8. The Kier molecular flexibility index (Phi) is 5.67. The first-order valence-corrected chi connectivity index (χ1v) is 6.90. The van der Waals surface area contributed by atoms with Gasteiger partial charge in [0.1, 0.15) is 13.2 Å². The monoisotopic (exact) mass is 335 g/mol. The van der Waals surface area contributed by atoms with Gasteiger partial charge in [-0.1, -0.05) is 12.1 Å². The molecule has 2 aromatic rings. The predicted molar refractivity (Wildman–Crippen MR) is 81.8 cm³/mol. The highest BCUT2D eigenvalue weighted by atomic mass is 19.1. The number of hydrogen-bond donors (Lipinski definition) is 0. The molecule has 24 heavy (non-hydrogen) atoms. The Morgan fingerprint density at radius 1 is 1.12 bits per heavy atom. The van der Waals surface area contributed by atoms with E-state index >= 15 is 0 Å². The van der Waals surface area contributed by atoms with Crippen molar-refractivity contribution in [2.45, 2.75) is 0 Å². The molecule has 0 fully saturated rings. The Bertz CT molecular complexity index is 749. The fraction of sp³-hybridized carbons (Fsp3) is 0.188. The van der Waals surface area contributed by atoms with E-state index in [1.54, 1.807) is 6.07 Å². The fourth-order valence-corrected chi connectivity index (χ4v) is 1.89. The average molecular weight is 335 g/mol. The van der Waals surface area contributed by atoms with Crippen molar-refractivity contribution < 1.29 is 28.3 Å². The molecule has 126 valence electrons. The molecule has 0 radical (unpaired) electrons. The van der Waals surface area contributed by atoms with Crippen LogP contribution in [0.5, 0.6) is 11.5 Å². The molecule has 0 spiro atoms. The van der Waals surface area contributed by atoms with Gasteiger partial charge in [-0.25, -0.2) is 9.18 Å². The van der Waals surface area contributed by atoms with Gasteiger partial charge in [-0.05, 0) is 24.3 Å². The van der Waals surface area contributed by atoms with Gasteiger partial charge >= 0.3 is 11.7 Å². The second-order valence-electron chi connectivity index (χ2n) is 4.56. The summed E-state index contributed by atoms with van der Waals surface area (Å²) in [5.74, 6) is -1.15. The maximum atomic E-state index is 13.4. The summed E-state index contributed by atoms with van der Waals surface area (Å²) in [5.41, 5.74) is -0.331. The zero-order valence-electron chi connectivity index (χ0n) is 12.7. The van der Waals surface area contributed by atoms with E-state index in [9.17, 15) is 19.3 Å². The van der Waals surface area contributed by atoms with Gasteiger partial charge in [-0.15, -0.1) is 0 Å². The zero-order chi connectivity index (χ0) is 17.5. The van der Waals surface area contributed by atoms with Gasteiger partial charge < -0.3 is 14.2 Å². The highest BCUT2D eigenvalue weighted by Gasteiger charge is 2.19. The minimum atomic E-state index is -0.687. The molecular weight excluding hydrogens is 321 g/mol. The van der Waals surface area contributed by atoms with E-state index < -0.39 is 16.7 Å². The first-order chi connectivity index (χ1) is 11.5. The summed E-state index contributed by atoms with van der Waals surface area (Å²) in [6, 6.07) is 9.59. The lowest BCUT2D eigenvalue weighted by molar-refractivity contribution is -0.385. The first-order valence-electron chi connectivity index (χ1n) is 6.90.